The minimum Gasteiger partial charge on any atom is -0.463 e. The summed E-state index contributed by atoms with van der Waals surface area (Å²) in [5.41, 5.74) is 0. The number of hydrogen-bond donors (Lipinski definition) is 3. The molecule has 6 heteroatoms. The van der Waals surface area contributed by atoms with Crippen molar-refractivity contribution >= 4 is 6.02 Å². The predicted octanol–water partition coefficient (Wildman–Crippen LogP) is 2.06. The smallest absolute Gasteiger partial charge is 0.287 e. The zero-order valence-electron chi connectivity index (χ0n) is 15.6. The predicted molar refractivity (Wildman–Crippen MR) is 98.6 cm³/mol. The molecule has 2 aliphatic heterocycles. The van der Waals surface area contributed by atoms with Gasteiger partial charge in [-0.05, 0) is 6.42 Å². The standard InChI is InChI=1S/C19H36N2O4/c1-2-3-4-5-6-7-8-9-10-11-12-20-19-21-13-16(22)18(24)17(23)15(21)14-25-19/h15-18,22-24H,2-14H2,1H3/t15-,16+,17-,18-/m1/s1. The second kappa shape index (κ2) is 11.0. The van der Waals surface area contributed by atoms with Gasteiger partial charge in [0, 0.05) is 6.54 Å². The number of aliphatic imine (C=N–C) groups is 1. The summed E-state index contributed by atoms with van der Waals surface area (Å²) in [5.74, 6) is 0. The van der Waals surface area contributed by atoms with Gasteiger partial charge in [-0.25, -0.2) is 4.99 Å². The molecule has 0 aromatic rings. The topological polar surface area (TPSA) is 85.5 Å². The minimum absolute atomic E-state index is 0.264. The number of amidine groups is 1. The van der Waals surface area contributed by atoms with Crippen LogP contribution in [0, 0.1) is 0 Å². The highest BCUT2D eigenvalue weighted by molar-refractivity contribution is 5.76. The Morgan fingerprint density at radius 3 is 2.16 bits per heavy atom. The zero-order valence-corrected chi connectivity index (χ0v) is 15.6. The van der Waals surface area contributed by atoms with Crippen molar-refractivity contribution in [1.29, 1.82) is 0 Å². The first kappa shape index (κ1) is 20.5. The van der Waals surface area contributed by atoms with E-state index in [2.05, 4.69) is 11.9 Å². The summed E-state index contributed by atoms with van der Waals surface area (Å²) in [6.07, 6.45) is 9.87. The molecule has 4 atom stereocenters. The van der Waals surface area contributed by atoms with Crippen molar-refractivity contribution in [3.63, 3.8) is 0 Å². The van der Waals surface area contributed by atoms with E-state index in [4.69, 9.17) is 4.74 Å². The summed E-state index contributed by atoms with van der Waals surface area (Å²) in [6, 6.07) is 0.204. The lowest BCUT2D eigenvalue weighted by Gasteiger charge is -2.38. The van der Waals surface area contributed by atoms with Crippen LogP contribution in [0.2, 0.25) is 0 Å². The Bertz CT molecular complexity index is 405. The summed E-state index contributed by atoms with van der Waals surface area (Å²) < 4.78 is 5.55. The van der Waals surface area contributed by atoms with E-state index in [1.54, 1.807) is 4.90 Å². The van der Waals surface area contributed by atoms with E-state index < -0.39 is 18.3 Å². The maximum Gasteiger partial charge on any atom is 0.287 e. The molecule has 25 heavy (non-hydrogen) atoms. The summed E-state index contributed by atoms with van der Waals surface area (Å²) >= 11 is 0. The Labute approximate surface area is 151 Å². The van der Waals surface area contributed by atoms with Crippen molar-refractivity contribution in [2.45, 2.75) is 95.5 Å². The van der Waals surface area contributed by atoms with E-state index in [1.165, 1.54) is 57.8 Å². The third-order valence-corrected chi connectivity index (χ3v) is 5.31. The molecule has 0 aromatic heterocycles. The fourth-order valence-electron chi connectivity index (χ4n) is 3.65. The monoisotopic (exact) mass is 356 g/mol. The third kappa shape index (κ3) is 6.12. The number of rotatable bonds is 11. The molecule has 0 aromatic carbocycles. The molecular weight excluding hydrogens is 320 g/mol. The van der Waals surface area contributed by atoms with Crippen molar-refractivity contribution in [1.82, 2.24) is 4.90 Å². The summed E-state index contributed by atoms with van der Waals surface area (Å²) in [5, 5.41) is 29.6. The number of ether oxygens (including phenoxy) is 1. The third-order valence-electron chi connectivity index (χ3n) is 5.31. The minimum atomic E-state index is -1.11. The Kier molecular flexibility index (Phi) is 8.99. The van der Waals surface area contributed by atoms with E-state index in [1.807, 2.05) is 0 Å². The Morgan fingerprint density at radius 2 is 1.52 bits per heavy atom. The van der Waals surface area contributed by atoms with E-state index >= 15 is 0 Å². The van der Waals surface area contributed by atoms with Crippen molar-refractivity contribution in [3.8, 4) is 0 Å². The highest BCUT2D eigenvalue weighted by Gasteiger charge is 2.46. The van der Waals surface area contributed by atoms with Crippen molar-refractivity contribution in [3.05, 3.63) is 0 Å². The molecule has 0 aliphatic carbocycles. The number of hydrogen-bond acceptors (Lipinski definition) is 5. The molecule has 2 heterocycles. The summed E-state index contributed by atoms with van der Waals surface area (Å²) in [7, 11) is 0. The van der Waals surface area contributed by atoms with Crippen LogP contribution in [0.15, 0.2) is 4.99 Å². The normalized spacial score (nSPS) is 30.6. The zero-order chi connectivity index (χ0) is 18.1. The van der Waals surface area contributed by atoms with E-state index in [9.17, 15) is 15.3 Å². The Hall–Kier alpha value is -0.850. The van der Waals surface area contributed by atoms with Crippen LogP contribution >= 0.6 is 0 Å². The second-order valence-electron chi connectivity index (χ2n) is 7.43. The van der Waals surface area contributed by atoms with Crippen LogP contribution in [-0.2, 0) is 4.74 Å². The van der Waals surface area contributed by atoms with Gasteiger partial charge in [0.2, 0.25) is 0 Å². The summed E-state index contributed by atoms with van der Waals surface area (Å²) in [6.45, 7) is 3.55. The van der Waals surface area contributed by atoms with Gasteiger partial charge in [-0.15, -0.1) is 0 Å². The molecule has 2 fully saturated rings. The average molecular weight is 357 g/mol. The van der Waals surface area contributed by atoms with Crippen LogP contribution in [0.4, 0.5) is 0 Å². The van der Waals surface area contributed by atoms with Gasteiger partial charge in [0.1, 0.15) is 24.9 Å². The molecule has 0 amide bonds. The van der Waals surface area contributed by atoms with Crippen LogP contribution in [0.25, 0.3) is 0 Å². The van der Waals surface area contributed by atoms with Crippen molar-refractivity contribution in [2.24, 2.45) is 4.99 Å². The number of unbranched alkanes of at least 4 members (excludes halogenated alkanes) is 9. The quantitative estimate of drug-likeness (QED) is 0.494. The lowest BCUT2D eigenvalue weighted by atomic mass is 9.95. The van der Waals surface area contributed by atoms with Gasteiger partial charge in [0.05, 0.1) is 12.6 Å². The van der Waals surface area contributed by atoms with E-state index in [0.29, 0.717) is 19.2 Å². The van der Waals surface area contributed by atoms with Crippen LogP contribution in [-0.4, -0.2) is 70.3 Å². The maximum absolute atomic E-state index is 10.0. The number of nitrogens with zero attached hydrogens (tertiary/aromatic N) is 2. The number of piperidine rings is 1. The van der Waals surface area contributed by atoms with Gasteiger partial charge in [0.15, 0.2) is 0 Å². The largest absolute Gasteiger partial charge is 0.463 e. The molecule has 0 radical (unpaired) electrons. The van der Waals surface area contributed by atoms with Gasteiger partial charge in [0.25, 0.3) is 6.02 Å². The first-order valence-corrected chi connectivity index (χ1v) is 10.1. The highest BCUT2D eigenvalue weighted by Crippen LogP contribution is 2.25. The lowest BCUT2D eigenvalue weighted by molar-refractivity contribution is -0.116. The molecule has 2 aliphatic rings. The molecule has 0 spiro atoms. The fraction of sp³-hybridized carbons (Fsp3) is 0.947. The van der Waals surface area contributed by atoms with E-state index in [-0.39, 0.29) is 12.6 Å². The Morgan fingerprint density at radius 1 is 0.920 bits per heavy atom. The number of aliphatic hydroxyl groups is 3. The first-order chi connectivity index (χ1) is 12.1. The molecule has 146 valence electrons. The van der Waals surface area contributed by atoms with Crippen LogP contribution in [0.3, 0.4) is 0 Å². The van der Waals surface area contributed by atoms with E-state index in [0.717, 1.165) is 6.42 Å². The summed E-state index contributed by atoms with van der Waals surface area (Å²) in [4.78, 5) is 6.28. The number of aliphatic hydroxyl groups excluding tert-OH is 3. The Balaban J connectivity index is 1.55. The molecule has 0 unspecified atom stereocenters. The average Bonchev–Trinajstić information content (AvgIpc) is 3.00. The van der Waals surface area contributed by atoms with Crippen LogP contribution in [0.1, 0.15) is 71.1 Å². The van der Waals surface area contributed by atoms with Crippen LogP contribution in [0.5, 0.6) is 0 Å². The van der Waals surface area contributed by atoms with Crippen LogP contribution < -0.4 is 0 Å². The van der Waals surface area contributed by atoms with Gasteiger partial charge in [-0.2, -0.15) is 0 Å². The van der Waals surface area contributed by atoms with Gasteiger partial charge in [-0.1, -0.05) is 64.7 Å². The SMILES string of the molecule is CCCCCCCCCCCCN=C1OC[C@@H]2[C@@H](O)[C@H](O)[C@@H](O)CN12. The van der Waals surface area contributed by atoms with Gasteiger partial charge >= 0.3 is 0 Å². The van der Waals surface area contributed by atoms with Gasteiger partial charge in [-0.3, -0.25) is 0 Å². The molecule has 6 nitrogen and oxygen atoms in total. The highest BCUT2D eigenvalue weighted by atomic mass is 16.5. The van der Waals surface area contributed by atoms with Crippen molar-refractivity contribution < 1.29 is 20.1 Å². The maximum atomic E-state index is 10.0. The molecule has 0 saturated carbocycles. The number of fused-ring (bicyclic) bond motifs is 1. The lowest BCUT2D eigenvalue weighted by Crippen LogP contribution is -2.60. The molecule has 3 N–H and O–H groups in total. The van der Waals surface area contributed by atoms with Crippen molar-refractivity contribution in [2.75, 3.05) is 19.7 Å². The first-order valence-electron chi connectivity index (χ1n) is 10.1. The fourth-order valence-corrected chi connectivity index (χ4v) is 3.65. The van der Waals surface area contributed by atoms with Gasteiger partial charge < -0.3 is 25.0 Å². The molecule has 2 saturated heterocycles. The molecule has 2 rings (SSSR count). The second-order valence-corrected chi connectivity index (χ2v) is 7.43. The molecular formula is C19H36N2O4. The molecule has 0 bridgehead atoms.